The van der Waals surface area contributed by atoms with Crippen LogP contribution in [0.5, 0.6) is 5.88 Å². The average Bonchev–Trinajstić information content (AvgIpc) is 3.06. The normalized spacial score (nSPS) is 11.2. The highest BCUT2D eigenvalue weighted by atomic mass is 16.5. The monoisotopic (exact) mass is 333 g/mol. The minimum absolute atomic E-state index is 0.553. The summed E-state index contributed by atoms with van der Waals surface area (Å²) in [6.45, 7) is 2.51. The molecule has 0 N–H and O–H groups in total. The summed E-state index contributed by atoms with van der Waals surface area (Å²) >= 11 is 0. The third-order valence-electron chi connectivity index (χ3n) is 4.15. The van der Waals surface area contributed by atoms with Crippen molar-refractivity contribution in [3.63, 3.8) is 0 Å². The Hall–Kier alpha value is -3.15. The van der Waals surface area contributed by atoms with Gasteiger partial charge in [-0.15, -0.1) is 15.3 Å². The summed E-state index contributed by atoms with van der Waals surface area (Å²) < 4.78 is 7.51. The molecule has 0 fully saturated rings. The zero-order valence-corrected chi connectivity index (χ0v) is 14.5. The quantitative estimate of drug-likeness (QED) is 0.573. The number of hydrogen-bond donors (Lipinski definition) is 0. The first kappa shape index (κ1) is 15.4. The van der Waals surface area contributed by atoms with Gasteiger partial charge in [0.25, 0.3) is 0 Å². The highest BCUT2D eigenvalue weighted by Crippen LogP contribution is 2.29. The molecule has 6 nitrogen and oxygen atoms in total. The number of aromatic nitrogens is 4. The van der Waals surface area contributed by atoms with Gasteiger partial charge in [-0.1, -0.05) is 18.2 Å². The number of rotatable bonds is 4. The molecular weight excluding hydrogens is 314 g/mol. The van der Waals surface area contributed by atoms with E-state index in [1.165, 1.54) is 0 Å². The van der Waals surface area contributed by atoms with Crippen molar-refractivity contribution in [2.24, 2.45) is 0 Å². The fraction of sp³-hybridized carbons (Fsp3) is 0.211. The van der Waals surface area contributed by atoms with Gasteiger partial charge in [-0.2, -0.15) is 4.52 Å². The molecule has 0 aliphatic rings. The van der Waals surface area contributed by atoms with Crippen LogP contribution >= 0.6 is 0 Å². The SMILES string of the molecule is CCOc1nn2c(-c3ccc(N(C)C)cc3)nnc2c2ccccc12. The molecule has 126 valence electrons. The van der Waals surface area contributed by atoms with Crippen LogP contribution in [0.15, 0.2) is 48.5 Å². The lowest BCUT2D eigenvalue weighted by molar-refractivity contribution is 0.326. The Morgan fingerprint density at radius 2 is 1.68 bits per heavy atom. The van der Waals surface area contributed by atoms with E-state index in [1.54, 1.807) is 4.52 Å². The first-order chi connectivity index (χ1) is 12.2. The summed E-state index contributed by atoms with van der Waals surface area (Å²) in [4.78, 5) is 2.06. The third-order valence-corrected chi connectivity index (χ3v) is 4.15. The van der Waals surface area contributed by atoms with Crippen molar-refractivity contribution in [1.29, 1.82) is 0 Å². The zero-order chi connectivity index (χ0) is 17.4. The molecule has 0 bridgehead atoms. The van der Waals surface area contributed by atoms with Crippen LogP contribution in [0.3, 0.4) is 0 Å². The number of ether oxygens (including phenoxy) is 1. The molecule has 0 aliphatic carbocycles. The van der Waals surface area contributed by atoms with E-state index in [1.807, 2.05) is 57.4 Å². The molecule has 0 spiro atoms. The first-order valence-electron chi connectivity index (χ1n) is 8.23. The molecule has 2 heterocycles. The van der Waals surface area contributed by atoms with Crippen molar-refractivity contribution < 1.29 is 4.74 Å². The summed E-state index contributed by atoms with van der Waals surface area (Å²) in [6, 6.07) is 16.1. The Morgan fingerprint density at radius 3 is 2.36 bits per heavy atom. The molecule has 0 saturated carbocycles. The summed E-state index contributed by atoms with van der Waals surface area (Å²) in [5.41, 5.74) is 2.82. The van der Waals surface area contributed by atoms with Gasteiger partial charge in [0.05, 0.1) is 6.61 Å². The van der Waals surface area contributed by atoms with Crippen LogP contribution in [0.1, 0.15) is 6.92 Å². The van der Waals surface area contributed by atoms with E-state index in [9.17, 15) is 0 Å². The lowest BCUT2D eigenvalue weighted by atomic mass is 10.1. The van der Waals surface area contributed by atoms with E-state index in [0.717, 1.165) is 27.7 Å². The highest BCUT2D eigenvalue weighted by Gasteiger charge is 2.15. The fourth-order valence-corrected chi connectivity index (χ4v) is 2.88. The lowest BCUT2D eigenvalue weighted by Gasteiger charge is -2.12. The molecule has 0 atom stereocenters. The summed E-state index contributed by atoms with van der Waals surface area (Å²) in [5.74, 6) is 1.29. The minimum atomic E-state index is 0.553. The summed E-state index contributed by atoms with van der Waals surface area (Å²) in [5, 5.41) is 15.3. The molecule has 0 saturated heterocycles. The average molecular weight is 333 g/mol. The molecule has 4 rings (SSSR count). The van der Waals surface area contributed by atoms with Gasteiger partial charge >= 0.3 is 0 Å². The molecule has 0 aliphatic heterocycles. The van der Waals surface area contributed by atoms with E-state index in [-0.39, 0.29) is 0 Å². The summed E-state index contributed by atoms with van der Waals surface area (Å²) in [7, 11) is 4.03. The zero-order valence-electron chi connectivity index (χ0n) is 14.5. The van der Waals surface area contributed by atoms with Crippen molar-refractivity contribution in [2.75, 3.05) is 25.6 Å². The third kappa shape index (κ3) is 2.55. The Morgan fingerprint density at radius 1 is 0.960 bits per heavy atom. The van der Waals surface area contributed by atoms with E-state index >= 15 is 0 Å². The molecule has 0 radical (unpaired) electrons. The smallest absolute Gasteiger partial charge is 0.239 e. The maximum Gasteiger partial charge on any atom is 0.239 e. The van der Waals surface area contributed by atoms with Gasteiger partial charge < -0.3 is 9.64 Å². The highest BCUT2D eigenvalue weighted by molar-refractivity contribution is 5.97. The van der Waals surface area contributed by atoms with E-state index in [4.69, 9.17) is 4.74 Å². The van der Waals surface area contributed by atoms with Crippen molar-refractivity contribution in [1.82, 2.24) is 19.8 Å². The van der Waals surface area contributed by atoms with Crippen LogP contribution in [0.25, 0.3) is 27.8 Å². The summed E-state index contributed by atoms with van der Waals surface area (Å²) in [6.07, 6.45) is 0. The molecule has 2 aromatic heterocycles. The van der Waals surface area contributed by atoms with Gasteiger partial charge in [-0.3, -0.25) is 0 Å². The van der Waals surface area contributed by atoms with Crippen molar-refractivity contribution >= 4 is 22.1 Å². The largest absolute Gasteiger partial charge is 0.476 e. The Kier molecular flexibility index (Phi) is 3.72. The minimum Gasteiger partial charge on any atom is -0.476 e. The fourth-order valence-electron chi connectivity index (χ4n) is 2.88. The second kappa shape index (κ2) is 6.05. The van der Waals surface area contributed by atoms with Crippen LogP contribution in [-0.2, 0) is 0 Å². The van der Waals surface area contributed by atoms with Crippen LogP contribution in [0, 0.1) is 0 Å². The van der Waals surface area contributed by atoms with Gasteiger partial charge in [-0.05, 0) is 37.3 Å². The van der Waals surface area contributed by atoms with E-state index < -0.39 is 0 Å². The molecule has 6 heteroatoms. The standard InChI is InChI=1S/C19H19N5O/c1-4-25-19-16-8-6-5-7-15(16)18-21-20-17(24(18)22-19)13-9-11-14(12-10-13)23(2)3/h5-12H,4H2,1-3H3. The van der Waals surface area contributed by atoms with Gasteiger partial charge in [0.1, 0.15) is 0 Å². The van der Waals surface area contributed by atoms with Crippen LogP contribution < -0.4 is 9.64 Å². The van der Waals surface area contributed by atoms with Gasteiger partial charge in [0.15, 0.2) is 11.5 Å². The molecule has 2 aromatic carbocycles. The Balaban J connectivity index is 1.94. The lowest BCUT2D eigenvalue weighted by Crippen LogP contribution is -2.08. The molecule has 4 aromatic rings. The van der Waals surface area contributed by atoms with Crippen LogP contribution in [0.4, 0.5) is 5.69 Å². The molecular formula is C19H19N5O. The van der Waals surface area contributed by atoms with Gasteiger partial charge in [0, 0.05) is 36.1 Å². The molecule has 0 amide bonds. The Bertz CT molecular complexity index is 1040. The molecule has 25 heavy (non-hydrogen) atoms. The maximum atomic E-state index is 5.74. The van der Waals surface area contributed by atoms with E-state index in [0.29, 0.717) is 18.3 Å². The Labute approximate surface area is 145 Å². The number of fused-ring (bicyclic) bond motifs is 3. The maximum absolute atomic E-state index is 5.74. The second-order valence-electron chi connectivity index (χ2n) is 5.98. The van der Waals surface area contributed by atoms with Crippen molar-refractivity contribution in [3.05, 3.63) is 48.5 Å². The van der Waals surface area contributed by atoms with Gasteiger partial charge in [0.2, 0.25) is 5.88 Å². The topological polar surface area (TPSA) is 55.6 Å². The number of benzene rings is 2. The number of anilines is 1. The number of nitrogens with zero attached hydrogens (tertiary/aromatic N) is 5. The first-order valence-corrected chi connectivity index (χ1v) is 8.23. The van der Waals surface area contributed by atoms with Crippen molar-refractivity contribution in [3.8, 4) is 17.3 Å². The predicted octanol–water partition coefficient (Wildman–Crippen LogP) is 3.41. The van der Waals surface area contributed by atoms with Gasteiger partial charge in [-0.25, -0.2) is 0 Å². The number of hydrogen-bond acceptors (Lipinski definition) is 5. The molecule has 0 unspecified atom stereocenters. The second-order valence-corrected chi connectivity index (χ2v) is 5.98. The van der Waals surface area contributed by atoms with Crippen LogP contribution in [0.2, 0.25) is 0 Å². The van der Waals surface area contributed by atoms with Crippen LogP contribution in [-0.4, -0.2) is 40.5 Å². The van der Waals surface area contributed by atoms with Crippen molar-refractivity contribution in [2.45, 2.75) is 6.92 Å². The predicted molar refractivity (Wildman–Crippen MR) is 99.2 cm³/mol. The van der Waals surface area contributed by atoms with E-state index in [2.05, 4.69) is 32.3 Å².